The number of carbonyl (C=O) groups excluding carboxylic acids is 1. The number of hydrogen-bond acceptors (Lipinski definition) is 4. The fraction of sp³-hybridized carbons (Fsp3) is 0.545. The lowest BCUT2D eigenvalue weighted by atomic mass is 10.1. The van der Waals surface area contributed by atoms with Gasteiger partial charge in [0.1, 0.15) is 0 Å². The van der Waals surface area contributed by atoms with E-state index in [2.05, 4.69) is 15.3 Å². The first-order valence-electron chi connectivity index (χ1n) is 10.4. The highest BCUT2D eigenvalue weighted by atomic mass is 16.5. The molecule has 5 rings (SSSR count). The summed E-state index contributed by atoms with van der Waals surface area (Å²) in [7, 11) is 0. The standard InChI is InChI=1S/C22H28N4O2/c1-14-9-15(2)26(24-14)19-7-5-17(6-8-19)22(27)23-18-10-20-13-28-21(16-3-4-16)12-25(20)11-18/h5-9,16,18,20-21H,3-4,10-13H2,1-2H3,(H,23,27)/t18-,20+,21+/m1/s1. The lowest BCUT2D eigenvalue weighted by Gasteiger charge is -2.35. The van der Waals surface area contributed by atoms with Crippen molar-refractivity contribution in [2.75, 3.05) is 19.7 Å². The van der Waals surface area contributed by atoms with E-state index in [9.17, 15) is 4.79 Å². The number of nitrogens with one attached hydrogen (secondary N) is 1. The Kier molecular flexibility index (Phi) is 4.48. The number of aromatic nitrogens is 2. The Morgan fingerprint density at radius 1 is 1.18 bits per heavy atom. The molecule has 3 fully saturated rings. The average Bonchev–Trinajstić information content (AvgIpc) is 3.37. The molecule has 3 atom stereocenters. The van der Waals surface area contributed by atoms with Crippen molar-refractivity contribution in [3.63, 3.8) is 0 Å². The van der Waals surface area contributed by atoms with Gasteiger partial charge in [-0.25, -0.2) is 4.68 Å². The normalized spacial score (nSPS) is 27.6. The average molecular weight is 380 g/mol. The topological polar surface area (TPSA) is 59.4 Å². The van der Waals surface area contributed by atoms with Crippen LogP contribution in [0.3, 0.4) is 0 Å². The first-order chi connectivity index (χ1) is 13.6. The van der Waals surface area contributed by atoms with Crippen LogP contribution in [0.15, 0.2) is 30.3 Å². The second-order valence-electron chi connectivity index (χ2n) is 8.61. The molecular formula is C22H28N4O2. The van der Waals surface area contributed by atoms with Gasteiger partial charge in [-0.15, -0.1) is 0 Å². The van der Waals surface area contributed by atoms with Crippen LogP contribution in [0, 0.1) is 19.8 Å². The van der Waals surface area contributed by atoms with Crippen LogP contribution >= 0.6 is 0 Å². The van der Waals surface area contributed by atoms with Gasteiger partial charge in [-0.3, -0.25) is 9.69 Å². The van der Waals surface area contributed by atoms with Crippen LogP contribution in [0.5, 0.6) is 0 Å². The summed E-state index contributed by atoms with van der Waals surface area (Å²) in [6.07, 6.45) is 4.02. The van der Waals surface area contributed by atoms with Gasteiger partial charge in [-0.2, -0.15) is 5.10 Å². The Labute approximate surface area is 165 Å². The van der Waals surface area contributed by atoms with E-state index in [0.717, 1.165) is 49.1 Å². The summed E-state index contributed by atoms with van der Waals surface area (Å²) in [6.45, 7) is 6.79. The number of nitrogens with zero attached hydrogens (tertiary/aromatic N) is 3. The van der Waals surface area contributed by atoms with E-state index >= 15 is 0 Å². The van der Waals surface area contributed by atoms with E-state index in [1.165, 1.54) is 12.8 Å². The summed E-state index contributed by atoms with van der Waals surface area (Å²) >= 11 is 0. The first-order valence-corrected chi connectivity index (χ1v) is 10.4. The number of benzene rings is 1. The zero-order chi connectivity index (χ0) is 19.3. The minimum absolute atomic E-state index is 0.00410. The van der Waals surface area contributed by atoms with Crippen molar-refractivity contribution in [2.24, 2.45) is 5.92 Å². The maximum Gasteiger partial charge on any atom is 0.251 e. The van der Waals surface area contributed by atoms with Gasteiger partial charge in [0.2, 0.25) is 0 Å². The molecule has 0 unspecified atom stereocenters. The van der Waals surface area contributed by atoms with E-state index < -0.39 is 0 Å². The van der Waals surface area contributed by atoms with Crippen molar-refractivity contribution in [1.82, 2.24) is 20.0 Å². The predicted molar refractivity (Wildman–Crippen MR) is 107 cm³/mol. The molecule has 2 aliphatic heterocycles. The smallest absolute Gasteiger partial charge is 0.251 e. The minimum Gasteiger partial charge on any atom is -0.375 e. The largest absolute Gasteiger partial charge is 0.375 e. The van der Waals surface area contributed by atoms with E-state index in [1.54, 1.807) is 0 Å². The van der Waals surface area contributed by atoms with Gasteiger partial charge >= 0.3 is 0 Å². The van der Waals surface area contributed by atoms with Gasteiger partial charge in [-0.05, 0) is 69.4 Å². The Hall–Kier alpha value is -2.18. The highest BCUT2D eigenvalue weighted by Crippen LogP contribution is 2.37. The van der Waals surface area contributed by atoms with Crippen molar-refractivity contribution >= 4 is 5.91 Å². The van der Waals surface area contributed by atoms with Crippen LogP contribution in [0.25, 0.3) is 5.69 Å². The lowest BCUT2D eigenvalue weighted by Crippen LogP contribution is -2.47. The van der Waals surface area contributed by atoms with Crippen LogP contribution in [-0.4, -0.2) is 58.5 Å². The molecule has 3 aliphatic rings. The second-order valence-corrected chi connectivity index (χ2v) is 8.61. The number of carbonyl (C=O) groups is 1. The van der Waals surface area contributed by atoms with Crippen molar-refractivity contribution < 1.29 is 9.53 Å². The predicted octanol–water partition coefficient (Wildman–Crippen LogP) is 2.47. The summed E-state index contributed by atoms with van der Waals surface area (Å²) in [5.74, 6) is 0.778. The fourth-order valence-corrected chi connectivity index (χ4v) is 4.67. The summed E-state index contributed by atoms with van der Waals surface area (Å²) in [5.41, 5.74) is 3.75. The quantitative estimate of drug-likeness (QED) is 0.885. The Morgan fingerprint density at radius 2 is 1.96 bits per heavy atom. The number of fused-ring (bicyclic) bond motifs is 1. The van der Waals surface area contributed by atoms with Gasteiger partial charge < -0.3 is 10.1 Å². The molecule has 2 aromatic rings. The molecule has 1 amide bonds. The van der Waals surface area contributed by atoms with Crippen LogP contribution in [0.4, 0.5) is 0 Å². The SMILES string of the molecule is Cc1cc(C)n(-c2ccc(C(=O)N[C@@H]3C[C@H]4CO[C@H](C5CC5)CN4C3)cc2)n1. The minimum atomic E-state index is 0.00410. The molecule has 1 N–H and O–H groups in total. The van der Waals surface area contributed by atoms with E-state index in [0.29, 0.717) is 17.7 Å². The molecule has 0 bridgehead atoms. The van der Waals surface area contributed by atoms with Gasteiger partial charge in [0, 0.05) is 36.4 Å². The van der Waals surface area contributed by atoms with Crippen molar-refractivity contribution in [3.8, 4) is 5.69 Å². The molecule has 3 heterocycles. The summed E-state index contributed by atoms with van der Waals surface area (Å²) < 4.78 is 7.96. The fourth-order valence-electron chi connectivity index (χ4n) is 4.67. The maximum absolute atomic E-state index is 12.7. The Bertz CT molecular complexity index is 871. The molecule has 0 radical (unpaired) electrons. The molecule has 6 heteroatoms. The number of hydrogen-bond donors (Lipinski definition) is 1. The van der Waals surface area contributed by atoms with Crippen LogP contribution in [-0.2, 0) is 4.74 Å². The third-order valence-electron chi connectivity index (χ3n) is 6.31. The number of aryl methyl sites for hydroxylation is 2. The van der Waals surface area contributed by atoms with Crippen LogP contribution in [0.1, 0.15) is 41.0 Å². The van der Waals surface area contributed by atoms with Crippen molar-refractivity contribution in [2.45, 2.75) is 51.3 Å². The van der Waals surface area contributed by atoms with E-state index in [1.807, 2.05) is 48.9 Å². The molecule has 1 aromatic heterocycles. The highest BCUT2D eigenvalue weighted by Gasteiger charge is 2.42. The summed E-state index contributed by atoms with van der Waals surface area (Å²) in [5, 5.41) is 7.73. The molecule has 148 valence electrons. The molecule has 1 aliphatic carbocycles. The number of morpholine rings is 1. The zero-order valence-corrected chi connectivity index (χ0v) is 16.6. The molecule has 28 heavy (non-hydrogen) atoms. The maximum atomic E-state index is 12.7. The molecule has 0 spiro atoms. The van der Waals surface area contributed by atoms with Gasteiger partial charge in [0.15, 0.2) is 0 Å². The Balaban J connectivity index is 1.21. The van der Waals surface area contributed by atoms with Gasteiger partial charge in [0.05, 0.1) is 24.1 Å². The summed E-state index contributed by atoms with van der Waals surface area (Å²) in [6, 6.07) is 10.4. The van der Waals surface area contributed by atoms with Crippen LogP contribution in [0.2, 0.25) is 0 Å². The zero-order valence-electron chi connectivity index (χ0n) is 16.6. The third kappa shape index (κ3) is 3.47. The monoisotopic (exact) mass is 380 g/mol. The molecule has 2 saturated heterocycles. The first kappa shape index (κ1) is 17.9. The number of amides is 1. The molecular weight excluding hydrogens is 352 g/mol. The highest BCUT2D eigenvalue weighted by molar-refractivity contribution is 5.94. The molecule has 1 saturated carbocycles. The van der Waals surface area contributed by atoms with Gasteiger partial charge in [0.25, 0.3) is 5.91 Å². The van der Waals surface area contributed by atoms with Crippen LogP contribution < -0.4 is 5.32 Å². The van der Waals surface area contributed by atoms with E-state index in [-0.39, 0.29) is 11.9 Å². The third-order valence-corrected chi connectivity index (χ3v) is 6.31. The lowest BCUT2D eigenvalue weighted by molar-refractivity contribution is -0.0581. The van der Waals surface area contributed by atoms with Crippen molar-refractivity contribution in [3.05, 3.63) is 47.3 Å². The number of rotatable bonds is 4. The summed E-state index contributed by atoms with van der Waals surface area (Å²) in [4.78, 5) is 15.2. The van der Waals surface area contributed by atoms with Gasteiger partial charge in [-0.1, -0.05) is 0 Å². The molecule has 6 nitrogen and oxygen atoms in total. The Morgan fingerprint density at radius 3 is 2.64 bits per heavy atom. The van der Waals surface area contributed by atoms with E-state index in [4.69, 9.17) is 4.74 Å². The van der Waals surface area contributed by atoms with Crippen molar-refractivity contribution in [1.29, 1.82) is 0 Å². The molecule has 1 aromatic carbocycles. The number of ether oxygens (including phenoxy) is 1. The second kappa shape index (κ2) is 7.01.